The number of ketones is 1. The summed E-state index contributed by atoms with van der Waals surface area (Å²) in [4.78, 5) is 38.7. The van der Waals surface area contributed by atoms with Crippen LogP contribution in [0.2, 0.25) is 0 Å². The molecule has 1 atom stereocenters. The highest BCUT2D eigenvalue weighted by atomic mass is 16.6. The van der Waals surface area contributed by atoms with E-state index in [0.29, 0.717) is 11.3 Å². The molecule has 0 saturated heterocycles. The molecular formula is C27H22N2O5. The van der Waals surface area contributed by atoms with Crippen LogP contribution in [-0.4, -0.2) is 21.7 Å². The number of nitro groups is 1. The number of carbonyl (C=O) groups is 2. The zero-order chi connectivity index (χ0) is 23.8. The third kappa shape index (κ3) is 3.65. The van der Waals surface area contributed by atoms with Gasteiger partial charge in [0.15, 0.2) is 11.5 Å². The van der Waals surface area contributed by atoms with Crippen LogP contribution in [0.25, 0.3) is 11.1 Å². The van der Waals surface area contributed by atoms with Gasteiger partial charge in [-0.1, -0.05) is 48.9 Å². The molecule has 5 rings (SSSR count). The van der Waals surface area contributed by atoms with Gasteiger partial charge in [0.2, 0.25) is 0 Å². The Morgan fingerprint density at radius 3 is 2.24 bits per heavy atom. The lowest BCUT2D eigenvalue weighted by atomic mass is 9.77. The number of benzene rings is 3. The number of nitrogens with zero attached hydrogens (tertiary/aromatic N) is 2. The molecule has 1 fully saturated rings. The standard InChI is InChI=1S/C27H22N2O5/c30-25(19-8-4-9-19)23-24(18-12-14-21(15-13-18)29(33)34)28(27(32)26(23)31)22-11-5-10-20(16-22)17-6-2-1-3-7-17/h1-3,5-7,10-16,19,24,31H,4,8-9H2. The number of nitro benzene ring substituents is 1. The van der Waals surface area contributed by atoms with Gasteiger partial charge in [-0.3, -0.25) is 24.6 Å². The zero-order valence-electron chi connectivity index (χ0n) is 18.3. The smallest absolute Gasteiger partial charge is 0.294 e. The van der Waals surface area contributed by atoms with Crippen molar-refractivity contribution in [3.63, 3.8) is 0 Å². The average Bonchev–Trinajstić information content (AvgIpc) is 3.09. The summed E-state index contributed by atoms with van der Waals surface area (Å²) < 4.78 is 0. The van der Waals surface area contributed by atoms with Crippen LogP contribution in [0.1, 0.15) is 30.9 Å². The lowest BCUT2D eigenvalue weighted by Gasteiger charge is -2.30. The molecule has 1 saturated carbocycles. The van der Waals surface area contributed by atoms with Crippen LogP contribution in [0.15, 0.2) is 90.2 Å². The van der Waals surface area contributed by atoms with E-state index in [4.69, 9.17) is 0 Å². The highest BCUT2D eigenvalue weighted by Crippen LogP contribution is 2.44. The van der Waals surface area contributed by atoms with Crippen LogP contribution in [0.5, 0.6) is 0 Å². The maximum Gasteiger partial charge on any atom is 0.294 e. The SMILES string of the molecule is O=C(C1=C(O)C(=O)N(c2cccc(-c3ccccc3)c2)C1c1ccc([N+](=O)[O-])cc1)C1CCC1. The second-order valence-corrected chi connectivity index (χ2v) is 8.60. The molecule has 0 spiro atoms. The van der Waals surface area contributed by atoms with Crippen molar-refractivity contribution in [2.24, 2.45) is 5.92 Å². The number of hydrogen-bond donors (Lipinski definition) is 1. The van der Waals surface area contributed by atoms with Crippen molar-refractivity contribution >= 4 is 23.1 Å². The van der Waals surface area contributed by atoms with Crippen molar-refractivity contribution < 1.29 is 19.6 Å². The molecule has 1 N–H and O–H groups in total. The molecule has 1 heterocycles. The maximum atomic E-state index is 13.3. The number of anilines is 1. The minimum Gasteiger partial charge on any atom is -0.503 e. The van der Waals surface area contributed by atoms with Gasteiger partial charge < -0.3 is 5.11 Å². The van der Waals surface area contributed by atoms with Crippen LogP contribution >= 0.6 is 0 Å². The number of non-ortho nitro benzene ring substituents is 1. The summed E-state index contributed by atoms with van der Waals surface area (Å²) in [6.07, 6.45) is 2.38. The van der Waals surface area contributed by atoms with Gasteiger partial charge in [-0.05, 0) is 53.8 Å². The minimum atomic E-state index is -0.868. The van der Waals surface area contributed by atoms with Crippen LogP contribution < -0.4 is 4.90 Å². The molecule has 2 aliphatic rings. The topological polar surface area (TPSA) is 101 Å². The summed E-state index contributed by atoms with van der Waals surface area (Å²) in [6, 6.07) is 21.9. The van der Waals surface area contributed by atoms with Gasteiger partial charge in [0, 0.05) is 23.7 Å². The molecule has 7 nitrogen and oxygen atoms in total. The van der Waals surface area contributed by atoms with Gasteiger partial charge in [0.25, 0.3) is 11.6 Å². The molecule has 1 aliphatic heterocycles. The molecule has 0 bridgehead atoms. The first-order valence-corrected chi connectivity index (χ1v) is 11.2. The third-order valence-corrected chi connectivity index (χ3v) is 6.60. The van der Waals surface area contributed by atoms with Gasteiger partial charge in [-0.15, -0.1) is 0 Å². The van der Waals surface area contributed by atoms with Gasteiger partial charge in [0.1, 0.15) is 0 Å². The van der Waals surface area contributed by atoms with Crippen LogP contribution in [0.3, 0.4) is 0 Å². The molecule has 1 aliphatic carbocycles. The Bertz CT molecular complexity index is 1310. The quantitative estimate of drug-likeness (QED) is 0.390. The van der Waals surface area contributed by atoms with E-state index in [1.54, 1.807) is 6.07 Å². The Balaban J connectivity index is 1.61. The van der Waals surface area contributed by atoms with Gasteiger partial charge in [0.05, 0.1) is 16.5 Å². The van der Waals surface area contributed by atoms with Crippen molar-refractivity contribution in [1.29, 1.82) is 0 Å². The molecule has 3 aromatic rings. The number of amides is 1. The molecule has 0 radical (unpaired) electrons. The third-order valence-electron chi connectivity index (χ3n) is 6.60. The number of hydrogen-bond acceptors (Lipinski definition) is 5. The Kier molecular flexibility index (Phi) is 5.45. The van der Waals surface area contributed by atoms with E-state index in [1.165, 1.54) is 29.2 Å². The van der Waals surface area contributed by atoms with E-state index >= 15 is 0 Å². The first kappa shape index (κ1) is 21.6. The number of aliphatic hydroxyl groups is 1. The van der Waals surface area contributed by atoms with Crippen molar-refractivity contribution in [3.8, 4) is 11.1 Å². The van der Waals surface area contributed by atoms with Crippen molar-refractivity contribution in [2.75, 3.05) is 4.90 Å². The van der Waals surface area contributed by atoms with Crippen LogP contribution in [-0.2, 0) is 9.59 Å². The summed E-state index contributed by atoms with van der Waals surface area (Å²) in [5, 5.41) is 22.0. The number of Topliss-reactive ketones (excluding diaryl/α,β-unsaturated/α-hetero) is 1. The Labute approximate surface area is 196 Å². The van der Waals surface area contributed by atoms with Crippen LogP contribution in [0.4, 0.5) is 11.4 Å². The van der Waals surface area contributed by atoms with E-state index < -0.39 is 22.6 Å². The molecule has 1 unspecified atom stereocenters. The highest BCUT2D eigenvalue weighted by Gasteiger charge is 2.46. The van der Waals surface area contributed by atoms with Crippen molar-refractivity contribution in [1.82, 2.24) is 0 Å². The monoisotopic (exact) mass is 454 g/mol. The molecule has 1 amide bonds. The second-order valence-electron chi connectivity index (χ2n) is 8.60. The van der Waals surface area contributed by atoms with E-state index in [0.717, 1.165) is 30.4 Å². The normalized spacial score (nSPS) is 18.2. The van der Waals surface area contributed by atoms with Gasteiger partial charge >= 0.3 is 0 Å². The predicted octanol–water partition coefficient (Wildman–Crippen LogP) is 5.53. The predicted molar refractivity (Wildman–Crippen MR) is 127 cm³/mol. The largest absolute Gasteiger partial charge is 0.503 e. The number of rotatable bonds is 6. The molecule has 34 heavy (non-hydrogen) atoms. The maximum absolute atomic E-state index is 13.3. The molecule has 3 aromatic carbocycles. The summed E-state index contributed by atoms with van der Waals surface area (Å²) in [7, 11) is 0. The fourth-order valence-corrected chi connectivity index (χ4v) is 4.57. The second kappa shape index (κ2) is 8.59. The first-order chi connectivity index (χ1) is 16.5. The first-order valence-electron chi connectivity index (χ1n) is 11.2. The lowest BCUT2D eigenvalue weighted by molar-refractivity contribution is -0.384. The zero-order valence-corrected chi connectivity index (χ0v) is 18.3. The summed E-state index contributed by atoms with van der Waals surface area (Å²) in [5.74, 6) is -1.66. The number of aliphatic hydroxyl groups excluding tert-OH is 1. The molecule has 7 heteroatoms. The fourth-order valence-electron chi connectivity index (χ4n) is 4.57. The van der Waals surface area contributed by atoms with Crippen LogP contribution in [0, 0.1) is 16.0 Å². The minimum absolute atomic E-state index is 0.0636. The van der Waals surface area contributed by atoms with Crippen molar-refractivity contribution in [3.05, 3.63) is 106 Å². The van der Waals surface area contributed by atoms with E-state index in [9.17, 15) is 24.8 Å². The van der Waals surface area contributed by atoms with E-state index in [2.05, 4.69) is 0 Å². The summed E-state index contributed by atoms with van der Waals surface area (Å²) in [6.45, 7) is 0. The fraction of sp³-hybridized carbons (Fsp3) is 0.185. The Morgan fingerprint density at radius 1 is 0.941 bits per heavy atom. The van der Waals surface area contributed by atoms with Gasteiger partial charge in [-0.25, -0.2) is 0 Å². The summed E-state index contributed by atoms with van der Waals surface area (Å²) in [5.41, 5.74) is 2.87. The lowest BCUT2D eigenvalue weighted by Crippen LogP contribution is -2.32. The Morgan fingerprint density at radius 2 is 1.62 bits per heavy atom. The summed E-state index contributed by atoms with van der Waals surface area (Å²) >= 11 is 0. The molecule has 170 valence electrons. The molecule has 0 aromatic heterocycles. The van der Waals surface area contributed by atoms with Crippen molar-refractivity contribution in [2.45, 2.75) is 25.3 Å². The van der Waals surface area contributed by atoms with Gasteiger partial charge in [-0.2, -0.15) is 0 Å². The van der Waals surface area contributed by atoms with E-state index in [-0.39, 0.29) is 23.0 Å². The highest BCUT2D eigenvalue weighted by molar-refractivity contribution is 6.17. The Hall–Kier alpha value is -4.26. The van der Waals surface area contributed by atoms with E-state index in [1.807, 2.05) is 48.5 Å². The number of carbonyl (C=O) groups excluding carboxylic acids is 2. The average molecular weight is 454 g/mol. The molecular weight excluding hydrogens is 432 g/mol.